The summed E-state index contributed by atoms with van der Waals surface area (Å²) in [7, 11) is 0. The molecule has 3 N–H and O–H groups in total. The zero-order valence-electron chi connectivity index (χ0n) is 19.5. The second-order valence-corrected chi connectivity index (χ2v) is 10.1. The molecule has 1 aliphatic heterocycles. The maximum atomic E-state index is 4.77. The van der Waals surface area contributed by atoms with Crippen LogP contribution in [-0.2, 0) is 6.42 Å². The van der Waals surface area contributed by atoms with Crippen molar-refractivity contribution >= 4 is 33.4 Å². The van der Waals surface area contributed by atoms with Gasteiger partial charge in [0.25, 0.3) is 0 Å². The molecule has 1 fully saturated rings. The number of nitrogens with zero attached hydrogens (tertiary/aromatic N) is 5. The molecule has 7 heterocycles. The van der Waals surface area contributed by atoms with Crippen molar-refractivity contribution in [2.75, 3.05) is 13.1 Å². The average Bonchev–Trinajstić information content (AvgIpc) is 3.68. The van der Waals surface area contributed by atoms with Crippen LogP contribution in [0.4, 0.5) is 0 Å². The number of nitrogens with one attached hydrogen (secondary N) is 3. The van der Waals surface area contributed by atoms with E-state index in [1.54, 1.807) is 17.5 Å². The predicted octanol–water partition coefficient (Wildman–Crippen LogP) is 5.23. The van der Waals surface area contributed by atoms with Crippen molar-refractivity contribution in [3.05, 3.63) is 65.4 Å². The van der Waals surface area contributed by atoms with E-state index in [-0.39, 0.29) is 0 Å². The smallest absolute Gasteiger partial charge is 0.178 e. The van der Waals surface area contributed by atoms with Gasteiger partial charge in [-0.3, -0.25) is 15.1 Å². The maximum absolute atomic E-state index is 4.77. The molecule has 36 heavy (non-hydrogen) atoms. The molecule has 0 saturated carbocycles. The highest BCUT2D eigenvalue weighted by molar-refractivity contribution is 7.08. The summed E-state index contributed by atoms with van der Waals surface area (Å²) in [5, 5.41) is 16.3. The summed E-state index contributed by atoms with van der Waals surface area (Å²) >= 11 is 1.67. The normalized spacial score (nSPS) is 14.7. The van der Waals surface area contributed by atoms with Gasteiger partial charge in [-0.1, -0.05) is 0 Å². The van der Waals surface area contributed by atoms with Gasteiger partial charge in [0.2, 0.25) is 0 Å². The van der Waals surface area contributed by atoms with Gasteiger partial charge >= 0.3 is 0 Å². The van der Waals surface area contributed by atoms with Gasteiger partial charge in [0.1, 0.15) is 5.69 Å². The Morgan fingerprint density at radius 3 is 2.83 bits per heavy atom. The molecule has 0 radical (unpaired) electrons. The van der Waals surface area contributed by atoms with Crippen molar-refractivity contribution in [3.63, 3.8) is 0 Å². The van der Waals surface area contributed by atoms with Gasteiger partial charge in [-0.25, -0.2) is 9.97 Å². The zero-order valence-corrected chi connectivity index (χ0v) is 20.3. The van der Waals surface area contributed by atoms with Crippen LogP contribution < -0.4 is 5.32 Å². The third kappa shape index (κ3) is 3.86. The summed E-state index contributed by atoms with van der Waals surface area (Å²) in [4.78, 5) is 22.0. The van der Waals surface area contributed by atoms with Gasteiger partial charge in [-0.15, -0.1) is 0 Å². The Kier molecular flexibility index (Phi) is 5.29. The summed E-state index contributed by atoms with van der Waals surface area (Å²) in [6, 6.07) is 8.41. The van der Waals surface area contributed by atoms with Crippen LogP contribution in [0.1, 0.15) is 18.4 Å². The van der Waals surface area contributed by atoms with Gasteiger partial charge in [0.05, 0.1) is 22.9 Å². The lowest BCUT2D eigenvalue weighted by Gasteiger charge is -2.22. The Balaban J connectivity index is 1.26. The van der Waals surface area contributed by atoms with E-state index in [0.29, 0.717) is 17.4 Å². The van der Waals surface area contributed by atoms with E-state index in [9.17, 15) is 0 Å². The van der Waals surface area contributed by atoms with Crippen molar-refractivity contribution < 1.29 is 0 Å². The Labute approximate surface area is 211 Å². The first kappa shape index (κ1) is 21.3. The minimum atomic E-state index is 0.675. The lowest BCUT2D eigenvalue weighted by molar-refractivity contribution is 0.372. The molecule has 0 atom stereocenters. The number of H-pyrrole nitrogens is 2. The SMILES string of the molecule is c1cc(-c2ccsc2)c2[nH]c(-c3n[nH]c4cnc(-c5cncc(CC6CCNCC6)c5)cc34)nc2n1. The number of thiophene rings is 1. The number of fused-ring (bicyclic) bond motifs is 2. The fourth-order valence-electron chi connectivity index (χ4n) is 5.10. The van der Waals surface area contributed by atoms with Crippen LogP contribution in [-0.4, -0.2) is 48.2 Å². The molecule has 6 aromatic heterocycles. The van der Waals surface area contributed by atoms with E-state index < -0.39 is 0 Å². The summed E-state index contributed by atoms with van der Waals surface area (Å²) in [5.74, 6) is 1.39. The molecular formula is C27H24N8S. The molecule has 0 amide bonds. The number of imidazole rings is 1. The van der Waals surface area contributed by atoms with Gasteiger partial charge in [-0.05, 0) is 84.4 Å². The van der Waals surface area contributed by atoms with Crippen molar-refractivity contribution in [2.45, 2.75) is 19.3 Å². The van der Waals surface area contributed by atoms with E-state index in [4.69, 9.17) is 9.97 Å². The van der Waals surface area contributed by atoms with Crippen LogP contribution in [0.25, 0.3) is 56.0 Å². The highest BCUT2D eigenvalue weighted by atomic mass is 32.1. The molecule has 0 aliphatic carbocycles. The second-order valence-electron chi connectivity index (χ2n) is 9.32. The van der Waals surface area contributed by atoms with Crippen molar-refractivity contribution in [1.82, 2.24) is 40.4 Å². The molecule has 8 nitrogen and oxygen atoms in total. The van der Waals surface area contributed by atoms with E-state index >= 15 is 0 Å². The Bertz CT molecular complexity index is 1660. The van der Waals surface area contributed by atoms with Gasteiger partial charge in [-0.2, -0.15) is 16.4 Å². The minimum absolute atomic E-state index is 0.675. The largest absolute Gasteiger partial charge is 0.335 e. The quantitative estimate of drug-likeness (QED) is 0.304. The number of hydrogen-bond acceptors (Lipinski definition) is 7. The summed E-state index contributed by atoms with van der Waals surface area (Å²) in [5.41, 5.74) is 8.58. The topological polar surface area (TPSA) is 108 Å². The first-order valence-corrected chi connectivity index (χ1v) is 13.1. The monoisotopic (exact) mass is 492 g/mol. The molecule has 0 bridgehead atoms. The number of hydrogen-bond donors (Lipinski definition) is 3. The van der Waals surface area contributed by atoms with Crippen molar-refractivity contribution in [3.8, 4) is 33.9 Å². The van der Waals surface area contributed by atoms with Crippen LogP contribution in [0.3, 0.4) is 0 Å². The predicted molar refractivity (Wildman–Crippen MR) is 143 cm³/mol. The molecule has 1 aliphatic rings. The van der Waals surface area contributed by atoms with Crippen molar-refractivity contribution in [1.29, 1.82) is 0 Å². The standard InChI is InChI=1S/C27H24N8S/c1-5-28-6-2-16(1)9-17-10-19(13-29-12-17)22-11-21-23(14-31-22)34-35-25(21)27-32-24-20(18-4-8-36-15-18)3-7-30-26(24)33-27/h3-4,7-8,10-16,28H,1-2,5-6,9H2,(H,34,35)(H,30,32,33). The summed E-state index contributed by atoms with van der Waals surface area (Å²) < 4.78 is 0. The van der Waals surface area contributed by atoms with Crippen LogP contribution in [0.5, 0.6) is 0 Å². The number of rotatable bonds is 5. The first-order valence-electron chi connectivity index (χ1n) is 12.2. The highest BCUT2D eigenvalue weighted by Crippen LogP contribution is 2.32. The lowest BCUT2D eigenvalue weighted by atomic mass is 9.91. The van der Waals surface area contributed by atoms with Crippen LogP contribution in [0, 0.1) is 5.92 Å². The maximum Gasteiger partial charge on any atom is 0.178 e. The van der Waals surface area contributed by atoms with E-state index in [1.807, 2.05) is 24.7 Å². The molecule has 178 valence electrons. The van der Waals surface area contributed by atoms with E-state index in [2.05, 4.69) is 59.4 Å². The van der Waals surface area contributed by atoms with Crippen LogP contribution >= 0.6 is 11.3 Å². The molecule has 0 aromatic carbocycles. The van der Waals surface area contributed by atoms with Gasteiger partial charge < -0.3 is 10.3 Å². The Morgan fingerprint density at radius 2 is 1.94 bits per heavy atom. The summed E-state index contributed by atoms with van der Waals surface area (Å²) in [6.07, 6.45) is 11.0. The molecule has 1 saturated heterocycles. The average molecular weight is 493 g/mol. The Hall–Kier alpha value is -3.95. The number of aromatic nitrogens is 7. The first-order chi connectivity index (χ1) is 17.8. The molecule has 7 rings (SSSR count). The fraction of sp³-hybridized carbons (Fsp3) is 0.222. The second kappa shape index (κ2) is 8.92. The van der Waals surface area contributed by atoms with Crippen LogP contribution in [0.2, 0.25) is 0 Å². The van der Waals surface area contributed by atoms with Crippen molar-refractivity contribution in [2.24, 2.45) is 5.92 Å². The molecular weight excluding hydrogens is 468 g/mol. The molecule has 9 heteroatoms. The van der Waals surface area contributed by atoms with Gasteiger partial charge in [0, 0.05) is 35.1 Å². The van der Waals surface area contributed by atoms with Crippen LogP contribution in [0.15, 0.2) is 59.8 Å². The van der Waals surface area contributed by atoms with Gasteiger partial charge in [0.15, 0.2) is 11.5 Å². The minimum Gasteiger partial charge on any atom is -0.335 e. The Morgan fingerprint density at radius 1 is 1.00 bits per heavy atom. The number of pyridine rings is 3. The summed E-state index contributed by atoms with van der Waals surface area (Å²) in [6.45, 7) is 2.21. The number of piperidine rings is 1. The fourth-order valence-corrected chi connectivity index (χ4v) is 5.75. The van der Waals surface area contributed by atoms with E-state index in [0.717, 1.165) is 64.0 Å². The third-order valence-corrected chi connectivity index (χ3v) is 7.65. The molecule has 0 spiro atoms. The number of aromatic amines is 2. The van der Waals surface area contributed by atoms with E-state index in [1.165, 1.54) is 18.4 Å². The zero-order chi connectivity index (χ0) is 23.9. The highest BCUT2D eigenvalue weighted by Gasteiger charge is 2.18. The molecule has 6 aromatic rings. The third-order valence-electron chi connectivity index (χ3n) is 6.97. The lowest BCUT2D eigenvalue weighted by Crippen LogP contribution is -2.28. The molecule has 0 unspecified atom stereocenters.